The highest BCUT2D eigenvalue weighted by Gasteiger charge is 2.25. The summed E-state index contributed by atoms with van der Waals surface area (Å²) in [5, 5.41) is 12.3. The number of urea groups is 1. The van der Waals surface area contributed by atoms with Crippen LogP contribution < -0.4 is 5.32 Å². The number of carboxylic acids is 1. The van der Waals surface area contributed by atoms with Gasteiger partial charge in [0, 0.05) is 19.6 Å². The van der Waals surface area contributed by atoms with E-state index in [0.29, 0.717) is 32.0 Å². The molecule has 8 nitrogen and oxygen atoms in total. The second-order valence-corrected chi connectivity index (χ2v) is 10.9. The molecule has 228 valence electrons. The summed E-state index contributed by atoms with van der Waals surface area (Å²) in [6.07, 6.45) is 18.7. The molecule has 1 aliphatic carbocycles. The molecule has 8 heteroatoms. The van der Waals surface area contributed by atoms with E-state index in [0.717, 1.165) is 77.3 Å². The van der Waals surface area contributed by atoms with Gasteiger partial charge in [-0.15, -0.1) is 0 Å². The van der Waals surface area contributed by atoms with E-state index in [9.17, 15) is 19.5 Å². The zero-order chi connectivity index (χ0) is 29.1. The topological polar surface area (TPSA) is 108 Å². The highest BCUT2D eigenvalue weighted by Crippen LogP contribution is 2.31. The summed E-state index contributed by atoms with van der Waals surface area (Å²) in [5.41, 5.74) is 0. The third-order valence-corrected chi connectivity index (χ3v) is 7.53. The Morgan fingerprint density at radius 3 is 2.36 bits per heavy atom. The summed E-state index contributed by atoms with van der Waals surface area (Å²) in [6.45, 7) is 11.8. The molecule has 0 radical (unpaired) electrons. The molecule has 0 aliphatic heterocycles. The number of rotatable bonds is 21. The van der Waals surface area contributed by atoms with Crippen LogP contribution in [-0.4, -0.2) is 67.0 Å². The van der Waals surface area contributed by atoms with Gasteiger partial charge in [-0.2, -0.15) is 0 Å². The number of hydrogen-bond acceptors (Lipinski definition) is 5. The fourth-order valence-corrected chi connectivity index (χ4v) is 4.91. The van der Waals surface area contributed by atoms with Crippen LogP contribution in [0.4, 0.5) is 4.79 Å². The number of hydrogen-bond donors (Lipinski definition) is 2. The highest BCUT2D eigenvalue weighted by molar-refractivity contribution is 5.74. The molecular weight excluding hydrogens is 494 g/mol. The molecule has 1 aliphatic rings. The van der Waals surface area contributed by atoms with E-state index in [2.05, 4.69) is 31.1 Å². The maximum Gasteiger partial charge on any atom is 0.317 e. The molecule has 2 N–H and O–H groups in total. The van der Waals surface area contributed by atoms with Crippen molar-refractivity contribution in [3.05, 3.63) is 0 Å². The van der Waals surface area contributed by atoms with Gasteiger partial charge in [0.1, 0.15) is 0 Å². The number of carboxylic acid groups (broad SMARTS) is 1. The summed E-state index contributed by atoms with van der Waals surface area (Å²) in [4.78, 5) is 38.6. The van der Waals surface area contributed by atoms with Crippen LogP contribution in [0.2, 0.25) is 0 Å². The van der Waals surface area contributed by atoms with Gasteiger partial charge in [-0.1, -0.05) is 79.1 Å². The third kappa shape index (κ3) is 20.6. The number of amides is 2. The van der Waals surface area contributed by atoms with Crippen molar-refractivity contribution in [2.75, 3.05) is 32.8 Å². The minimum atomic E-state index is -0.664. The summed E-state index contributed by atoms with van der Waals surface area (Å²) >= 11 is 0. The summed E-state index contributed by atoms with van der Waals surface area (Å²) in [7, 11) is 0. The van der Waals surface area contributed by atoms with Crippen molar-refractivity contribution in [2.24, 2.45) is 16.8 Å². The number of aliphatic imine (C=N–C) groups is 1. The Balaban J connectivity index is 0.00000181. The minimum absolute atomic E-state index is 0.0401. The molecule has 39 heavy (non-hydrogen) atoms. The molecular formula is C31H59N3O5. The Bertz CT molecular complexity index is 654. The zero-order valence-corrected chi connectivity index (χ0v) is 25.6. The molecule has 1 unspecified atom stereocenters. The number of nitrogens with zero attached hydrogens (tertiary/aromatic N) is 2. The Morgan fingerprint density at radius 1 is 1.00 bits per heavy atom. The number of isocyanates is 1. The van der Waals surface area contributed by atoms with Crippen molar-refractivity contribution in [3.63, 3.8) is 0 Å². The molecule has 0 heterocycles. The molecule has 1 rings (SSSR count). The molecule has 3 atom stereocenters. The predicted molar refractivity (Wildman–Crippen MR) is 159 cm³/mol. The van der Waals surface area contributed by atoms with Crippen molar-refractivity contribution in [2.45, 2.75) is 137 Å². The van der Waals surface area contributed by atoms with Gasteiger partial charge in [0.2, 0.25) is 6.08 Å². The molecule has 1 fully saturated rings. The molecule has 1 saturated carbocycles. The van der Waals surface area contributed by atoms with Crippen molar-refractivity contribution in [1.29, 1.82) is 0 Å². The second-order valence-electron chi connectivity index (χ2n) is 10.9. The van der Waals surface area contributed by atoms with Gasteiger partial charge in [0.25, 0.3) is 0 Å². The van der Waals surface area contributed by atoms with E-state index in [1.165, 1.54) is 38.2 Å². The number of unbranched alkanes of at least 4 members (excludes halogenated alkanes) is 6. The van der Waals surface area contributed by atoms with Crippen molar-refractivity contribution in [1.82, 2.24) is 10.2 Å². The number of nitrogens with one attached hydrogen (secondary N) is 1. The largest absolute Gasteiger partial charge is 0.481 e. The lowest BCUT2D eigenvalue weighted by molar-refractivity contribution is -0.142. The quantitative estimate of drug-likeness (QED) is 0.0877. The first-order valence-corrected chi connectivity index (χ1v) is 15.8. The Kier molecular flexibility index (Phi) is 25.0. The number of aliphatic carboxylic acids is 1. The van der Waals surface area contributed by atoms with E-state index < -0.39 is 5.97 Å². The first-order chi connectivity index (χ1) is 18.9. The molecule has 0 spiro atoms. The standard InChI is InChI=1S/C26H50N2O4.C5H9NO/c1-4-7-9-10-11-18-28(26(31)27-17-8-5-2)19-20-32-24-14-12-13-22(21-24)15-16-23(6-3)25(29)30;1-2-3-4-6-5-7/h22-24H,4-21H2,1-3H3,(H,27,31)(H,29,30);2-4H2,1H3/t22-,23?,24-;/m1./s1. The van der Waals surface area contributed by atoms with Crippen molar-refractivity contribution >= 4 is 18.1 Å². The van der Waals surface area contributed by atoms with Crippen LogP contribution in [0.15, 0.2) is 4.99 Å². The van der Waals surface area contributed by atoms with Crippen molar-refractivity contribution < 1.29 is 24.2 Å². The molecule has 0 bridgehead atoms. The van der Waals surface area contributed by atoms with Gasteiger partial charge >= 0.3 is 12.0 Å². The number of carbonyl (C=O) groups is 2. The van der Waals surface area contributed by atoms with Crippen molar-refractivity contribution in [3.8, 4) is 0 Å². The van der Waals surface area contributed by atoms with Crippen LogP contribution in [0, 0.1) is 11.8 Å². The van der Waals surface area contributed by atoms with E-state index in [1.807, 2.05) is 11.8 Å². The predicted octanol–water partition coefficient (Wildman–Crippen LogP) is 7.36. The molecule has 0 aromatic heterocycles. The van der Waals surface area contributed by atoms with E-state index in [-0.39, 0.29) is 18.1 Å². The zero-order valence-electron chi connectivity index (χ0n) is 25.6. The first kappa shape index (κ1) is 37.1. The maximum atomic E-state index is 12.6. The summed E-state index contributed by atoms with van der Waals surface area (Å²) in [6, 6.07) is 0.0401. The number of carbonyl (C=O) groups excluding carboxylic acids is 2. The van der Waals surface area contributed by atoms with Crippen LogP contribution in [-0.2, 0) is 14.3 Å². The minimum Gasteiger partial charge on any atom is -0.481 e. The molecule has 2 amide bonds. The van der Waals surface area contributed by atoms with Gasteiger partial charge < -0.3 is 20.1 Å². The van der Waals surface area contributed by atoms with Gasteiger partial charge in [-0.3, -0.25) is 4.79 Å². The van der Waals surface area contributed by atoms with E-state index >= 15 is 0 Å². The molecule has 0 aromatic carbocycles. The van der Waals surface area contributed by atoms with E-state index in [1.54, 1.807) is 0 Å². The SMILES string of the molecule is CCCCCCCN(CCO[C@@H]1CCC[C@H](CCC(CC)C(=O)O)C1)C(=O)NCCCC.CCCCN=C=O. The highest BCUT2D eigenvalue weighted by atomic mass is 16.5. The van der Waals surface area contributed by atoms with Gasteiger partial charge in [0.15, 0.2) is 0 Å². The summed E-state index contributed by atoms with van der Waals surface area (Å²) < 4.78 is 6.21. The fourth-order valence-electron chi connectivity index (χ4n) is 4.91. The van der Waals surface area contributed by atoms with Crippen LogP contribution in [0.1, 0.15) is 130 Å². The Morgan fingerprint density at radius 2 is 1.72 bits per heavy atom. The van der Waals surface area contributed by atoms with Crippen LogP contribution in [0.25, 0.3) is 0 Å². The van der Waals surface area contributed by atoms with Crippen LogP contribution in [0.5, 0.6) is 0 Å². The van der Waals surface area contributed by atoms with E-state index in [4.69, 9.17) is 4.74 Å². The Labute approximate surface area is 238 Å². The monoisotopic (exact) mass is 553 g/mol. The summed E-state index contributed by atoms with van der Waals surface area (Å²) in [5.74, 6) is -0.314. The normalized spacial score (nSPS) is 17.3. The third-order valence-electron chi connectivity index (χ3n) is 7.53. The number of ether oxygens (including phenoxy) is 1. The smallest absolute Gasteiger partial charge is 0.317 e. The fraction of sp³-hybridized carbons (Fsp3) is 0.903. The molecule has 0 aromatic rings. The van der Waals surface area contributed by atoms with Crippen LogP contribution in [0.3, 0.4) is 0 Å². The maximum absolute atomic E-state index is 12.6. The average Bonchev–Trinajstić information content (AvgIpc) is 2.93. The Hall–Kier alpha value is -1.92. The lowest BCUT2D eigenvalue weighted by Gasteiger charge is -2.31. The van der Waals surface area contributed by atoms with Gasteiger partial charge in [-0.25, -0.2) is 14.6 Å². The van der Waals surface area contributed by atoms with Gasteiger partial charge in [0.05, 0.1) is 25.2 Å². The lowest BCUT2D eigenvalue weighted by atomic mass is 9.82. The lowest BCUT2D eigenvalue weighted by Crippen LogP contribution is -2.43. The van der Waals surface area contributed by atoms with Crippen LogP contribution >= 0.6 is 0 Å². The van der Waals surface area contributed by atoms with Gasteiger partial charge in [-0.05, 0) is 57.3 Å². The molecule has 0 saturated heterocycles. The first-order valence-electron chi connectivity index (χ1n) is 15.8. The second kappa shape index (κ2) is 26.3. The average molecular weight is 554 g/mol.